The number of hydrogen-bond donors (Lipinski definition) is 0. The molecular weight excluding hydrogens is 423 g/mol. The third-order valence-electron chi connectivity index (χ3n) is 5.15. The Kier molecular flexibility index (Phi) is 9.31. The van der Waals surface area contributed by atoms with Gasteiger partial charge in [-0.2, -0.15) is 13.2 Å². The molecule has 0 spiro atoms. The molecule has 2 amide bonds. The number of carbonyl (C=O) groups is 2. The summed E-state index contributed by atoms with van der Waals surface area (Å²) in [6.07, 6.45) is -1.27. The fraction of sp³-hybridized carbons (Fsp3) is 0.478. The number of benzene rings is 1. The zero-order valence-electron chi connectivity index (χ0n) is 18.7. The fourth-order valence-corrected chi connectivity index (χ4v) is 3.23. The highest BCUT2D eigenvalue weighted by molar-refractivity contribution is 5.96. The van der Waals surface area contributed by atoms with Gasteiger partial charge in [0.2, 0.25) is 5.91 Å². The third kappa shape index (κ3) is 7.12. The Morgan fingerprint density at radius 2 is 1.84 bits per heavy atom. The molecule has 32 heavy (non-hydrogen) atoms. The van der Waals surface area contributed by atoms with Crippen molar-refractivity contribution in [3.63, 3.8) is 0 Å². The van der Waals surface area contributed by atoms with Gasteiger partial charge in [0.1, 0.15) is 6.54 Å². The fourth-order valence-electron chi connectivity index (χ4n) is 3.23. The average molecular weight is 454 g/mol. The molecule has 1 aromatic heterocycles. The van der Waals surface area contributed by atoms with Crippen molar-refractivity contribution in [2.75, 3.05) is 33.4 Å². The predicted molar refractivity (Wildman–Crippen MR) is 115 cm³/mol. The van der Waals surface area contributed by atoms with Crippen molar-refractivity contribution in [3.8, 4) is 0 Å². The van der Waals surface area contributed by atoms with Crippen LogP contribution in [0.15, 0.2) is 42.6 Å². The van der Waals surface area contributed by atoms with Crippen molar-refractivity contribution >= 4 is 11.8 Å². The van der Waals surface area contributed by atoms with Crippen LogP contribution in [0.1, 0.15) is 41.4 Å². The number of rotatable bonds is 11. The Hall–Kier alpha value is -2.81. The summed E-state index contributed by atoms with van der Waals surface area (Å²) in [5, 5.41) is 0. The van der Waals surface area contributed by atoms with Gasteiger partial charge in [0.25, 0.3) is 5.91 Å². The van der Waals surface area contributed by atoms with Gasteiger partial charge in [0.05, 0.1) is 18.7 Å². The summed E-state index contributed by atoms with van der Waals surface area (Å²) >= 11 is 0. The summed E-state index contributed by atoms with van der Waals surface area (Å²) in [6.45, 7) is 3.00. The second kappa shape index (κ2) is 11.7. The maximum absolute atomic E-state index is 13.1. The zero-order chi connectivity index (χ0) is 23.7. The molecule has 176 valence electrons. The lowest BCUT2D eigenvalue weighted by molar-refractivity contribution is -0.137. The van der Waals surface area contributed by atoms with Crippen LogP contribution >= 0.6 is 0 Å². The molecule has 0 aliphatic carbocycles. The lowest BCUT2D eigenvalue weighted by Crippen LogP contribution is -2.44. The van der Waals surface area contributed by atoms with Gasteiger partial charge in [-0.25, -0.2) is 0 Å². The van der Waals surface area contributed by atoms with Crippen LogP contribution in [0.3, 0.4) is 0 Å². The van der Waals surface area contributed by atoms with Crippen LogP contribution < -0.4 is 0 Å². The van der Waals surface area contributed by atoms with Gasteiger partial charge >= 0.3 is 6.18 Å². The molecule has 0 aliphatic heterocycles. The Bertz CT molecular complexity index is 896. The van der Waals surface area contributed by atoms with Crippen LogP contribution in [0.25, 0.3) is 0 Å². The van der Waals surface area contributed by atoms with Crippen molar-refractivity contribution in [1.29, 1.82) is 0 Å². The first-order chi connectivity index (χ1) is 15.2. The predicted octanol–water partition coefficient (Wildman–Crippen LogP) is 3.96. The average Bonchev–Trinajstić information content (AvgIpc) is 3.17. The lowest BCUT2D eigenvalue weighted by atomic mass is 10.1. The van der Waals surface area contributed by atoms with Gasteiger partial charge in [-0.3, -0.25) is 9.59 Å². The first kappa shape index (κ1) is 25.5. The number of methoxy groups -OCH3 is 1. The van der Waals surface area contributed by atoms with E-state index in [1.54, 1.807) is 4.90 Å². The van der Waals surface area contributed by atoms with Crippen LogP contribution in [0.2, 0.25) is 0 Å². The minimum absolute atomic E-state index is 0.0883. The van der Waals surface area contributed by atoms with E-state index in [2.05, 4.69) is 0 Å². The minimum Gasteiger partial charge on any atom is -0.383 e. The number of unbranched alkanes of at least 4 members (excludes halogenated alkanes) is 1. The molecule has 1 aromatic carbocycles. The number of hydrogen-bond acceptors (Lipinski definition) is 3. The van der Waals surface area contributed by atoms with Crippen molar-refractivity contribution in [2.24, 2.45) is 7.05 Å². The Morgan fingerprint density at radius 1 is 1.09 bits per heavy atom. The standard InChI is InChI=1S/C23H30F3N3O3/c1-4-5-12-29(22(31)18-8-6-9-19(15-18)23(24,25)26)17-21(30)28(13-14-32-3)16-20-10-7-11-27(20)2/h6-11,15H,4-5,12-14,16-17H2,1-3H3. The first-order valence-corrected chi connectivity index (χ1v) is 10.5. The molecule has 1 heterocycles. The van der Waals surface area contributed by atoms with E-state index in [0.29, 0.717) is 26.1 Å². The summed E-state index contributed by atoms with van der Waals surface area (Å²) in [7, 11) is 3.41. The quantitative estimate of drug-likeness (QED) is 0.518. The summed E-state index contributed by atoms with van der Waals surface area (Å²) < 4.78 is 46.3. The highest BCUT2D eigenvalue weighted by atomic mass is 19.4. The number of nitrogens with zero attached hydrogens (tertiary/aromatic N) is 3. The summed E-state index contributed by atoms with van der Waals surface area (Å²) in [6, 6.07) is 8.07. The summed E-state index contributed by atoms with van der Waals surface area (Å²) in [5.74, 6) is -0.886. The molecule has 2 aromatic rings. The molecule has 0 radical (unpaired) electrons. The van der Waals surface area contributed by atoms with Gasteiger partial charge < -0.3 is 19.1 Å². The van der Waals surface area contributed by atoms with E-state index >= 15 is 0 Å². The van der Waals surface area contributed by atoms with Crippen molar-refractivity contribution < 1.29 is 27.5 Å². The smallest absolute Gasteiger partial charge is 0.383 e. The van der Waals surface area contributed by atoms with Gasteiger partial charge in [0.15, 0.2) is 0 Å². The Balaban J connectivity index is 2.22. The van der Waals surface area contributed by atoms with Gasteiger partial charge in [-0.1, -0.05) is 19.4 Å². The second-order valence-corrected chi connectivity index (χ2v) is 7.58. The van der Waals surface area contributed by atoms with Crippen LogP contribution in [0.5, 0.6) is 0 Å². The number of ether oxygens (including phenoxy) is 1. The van der Waals surface area contributed by atoms with Crippen LogP contribution in [0.4, 0.5) is 13.2 Å². The first-order valence-electron chi connectivity index (χ1n) is 10.5. The number of aromatic nitrogens is 1. The molecule has 2 rings (SSSR count). The maximum atomic E-state index is 13.1. The van der Waals surface area contributed by atoms with Gasteiger partial charge in [0, 0.05) is 44.7 Å². The summed E-state index contributed by atoms with van der Waals surface area (Å²) in [5.41, 5.74) is -0.0658. The number of aryl methyl sites for hydroxylation is 1. The number of amides is 2. The zero-order valence-corrected chi connectivity index (χ0v) is 18.7. The normalized spacial score (nSPS) is 11.4. The highest BCUT2D eigenvalue weighted by Gasteiger charge is 2.31. The molecule has 9 heteroatoms. The van der Waals surface area contributed by atoms with E-state index < -0.39 is 17.6 Å². The number of carbonyl (C=O) groups excluding carboxylic acids is 2. The van der Waals surface area contributed by atoms with Crippen molar-refractivity contribution in [3.05, 3.63) is 59.4 Å². The molecule has 0 unspecified atom stereocenters. The van der Waals surface area contributed by atoms with E-state index in [9.17, 15) is 22.8 Å². The van der Waals surface area contributed by atoms with E-state index in [-0.39, 0.29) is 24.6 Å². The third-order valence-corrected chi connectivity index (χ3v) is 5.15. The molecule has 0 saturated carbocycles. The number of alkyl halides is 3. The van der Waals surface area contributed by atoms with Gasteiger partial charge in [-0.15, -0.1) is 0 Å². The van der Waals surface area contributed by atoms with E-state index in [0.717, 1.165) is 24.2 Å². The molecule has 0 N–H and O–H groups in total. The molecular formula is C23H30F3N3O3. The SMILES string of the molecule is CCCCN(CC(=O)N(CCOC)Cc1cccn1C)C(=O)c1cccc(C(F)(F)F)c1. The maximum Gasteiger partial charge on any atom is 0.416 e. The molecule has 0 saturated heterocycles. The highest BCUT2D eigenvalue weighted by Crippen LogP contribution is 2.29. The second-order valence-electron chi connectivity index (χ2n) is 7.58. The monoisotopic (exact) mass is 453 g/mol. The van der Waals surface area contributed by atoms with Crippen LogP contribution in [-0.4, -0.2) is 59.5 Å². The van der Waals surface area contributed by atoms with Crippen molar-refractivity contribution in [1.82, 2.24) is 14.4 Å². The summed E-state index contributed by atoms with van der Waals surface area (Å²) in [4.78, 5) is 29.1. The molecule has 0 aliphatic rings. The topological polar surface area (TPSA) is 54.8 Å². The van der Waals surface area contributed by atoms with E-state index in [1.807, 2.05) is 36.9 Å². The van der Waals surface area contributed by atoms with Crippen molar-refractivity contribution in [2.45, 2.75) is 32.5 Å². The minimum atomic E-state index is -4.55. The molecule has 0 atom stereocenters. The lowest BCUT2D eigenvalue weighted by Gasteiger charge is -2.28. The molecule has 0 bridgehead atoms. The van der Waals surface area contributed by atoms with E-state index in [4.69, 9.17) is 4.74 Å². The van der Waals surface area contributed by atoms with Crippen LogP contribution in [-0.2, 0) is 29.3 Å². The molecule has 6 nitrogen and oxygen atoms in total. The number of halogens is 3. The largest absolute Gasteiger partial charge is 0.416 e. The Labute approximate surface area is 186 Å². The Morgan fingerprint density at radius 3 is 2.44 bits per heavy atom. The molecule has 0 fully saturated rings. The van der Waals surface area contributed by atoms with Crippen LogP contribution in [0, 0.1) is 0 Å². The van der Waals surface area contributed by atoms with E-state index in [1.165, 1.54) is 24.1 Å². The van der Waals surface area contributed by atoms with Gasteiger partial charge in [-0.05, 0) is 36.8 Å².